The molecule has 1 heterocycles. The van der Waals surface area contributed by atoms with Gasteiger partial charge in [0, 0.05) is 12.7 Å². The fourth-order valence-corrected chi connectivity index (χ4v) is 1.19. The Morgan fingerprint density at radius 1 is 1.59 bits per heavy atom. The van der Waals surface area contributed by atoms with Crippen LogP contribution in [-0.2, 0) is 4.79 Å². The van der Waals surface area contributed by atoms with E-state index in [0.29, 0.717) is 24.7 Å². The van der Waals surface area contributed by atoms with Crippen molar-refractivity contribution in [3.8, 4) is 5.75 Å². The lowest BCUT2D eigenvalue weighted by Gasteiger charge is -2.21. The van der Waals surface area contributed by atoms with Crippen molar-refractivity contribution in [2.45, 2.75) is 20.8 Å². The smallest absolute Gasteiger partial charge is 0.224 e. The van der Waals surface area contributed by atoms with Crippen molar-refractivity contribution in [1.29, 1.82) is 0 Å². The number of nitrogens with two attached hydrogens (primary N) is 1. The van der Waals surface area contributed by atoms with Crippen LogP contribution in [0.3, 0.4) is 0 Å². The van der Waals surface area contributed by atoms with Gasteiger partial charge in [-0.15, -0.1) is 0 Å². The zero-order valence-corrected chi connectivity index (χ0v) is 10.5. The van der Waals surface area contributed by atoms with E-state index in [1.54, 1.807) is 26.1 Å². The molecule has 94 valence electrons. The number of primary amides is 1. The summed E-state index contributed by atoms with van der Waals surface area (Å²) in [5.41, 5.74) is 4.68. The summed E-state index contributed by atoms with van der Waals surface area (Å²) in [6.07, 6.45) is 1.67. The van der Waals surface area contributed by atoms with Gasteiger partial charge in [0.1, 0.15) is 0 Å². The molecule has 1 aromatic rings. The van der Waals surface area contributed by atoms with Gasteiger partial charge < -0.3 is 15.8 Å². The summed E-state index contributed by atoms with van der Waals surface area (Å²) < 4.78 is 5.42. The van der Waals surface area contributed by atoms with Gasteiger partial charge in [-0.2, -0.15) is 0 Å². The number of nitrogens with one attached hydrogen (secondary N) is 1. The number of nitrogens with zero attached hydrogens (tertiary/aromatic N) is 1. The first-order valence-electron chi connectivity index (χ1n) is 5.59. The van der Waals surface area contributed by atoms with Gasteiger partial charge in [0.25, 0.3) is 0 Å². The minimum atomic E-state index is -0.624. The number of hydrogen-bond donors (Lipinski definition) is 2. The highest BCUT2D eigenvalue weighted by Gasteiger charge is 2.25. The van der Waals surface area contributed by atoms with Crippen LogP contribution in [0, 0.1) is 5.41 Å². The number of hydrogen-bond acceptors (Lipinski definition) is 4. The summed E-state index contributed by atoms with van der Waals surface area (Å²) in [6, 6.07) is 3.63. The monoisotopic (exact) mass is 237 g/mol. The summed E-state index contributed by atoms with van der Waals surface area (Å²) in [6.45, 7) is 6.46. The lowest BCUT2D eigenvalue weighted by Crippen LogP contribution is -2.37. The van der Waals surface area contributed by atoms with E-state index in [0.717, 1.165) is 0 Å². The normalized spacial score (nSPS) is 11.0. The topological polar surface area (TPSA) is 77.2 Å². The van der Waals surface area contributed by atoms with Crippen molar-refractivity contribution in [1.82, 2.24) is 4.98 Å². The fraction of sp³-hybridized carbons (Fsp3) is 0.500. The van der Waals surface area contributed by atoms with Crippen molar-refractivity contribution in [2.24, 2.45) is 11.1 Å². The first kappa shape index (κ1) is 13.3. The Morgan fingerprint density at radius 3 is 2.88 bits per heavy atom. The maximum atomic E-state index is 11.2. The van der Waals surface area contributed by atoms with Crippen molar-refractivity contribution >= 4 is 11.7 Å². The summed E-state index contributed by atoms with van der Waals surface area (Å²) in [4.78, 5) is 15.4. The van der Waals surface area contributed by atoms with E-state index >= 15 is 0 Å². The molecule has 5 nitrogen and oxygen atoms in total. The highest BCUT2D eigenvalue weighted by Crippen LogP contribution is 2.23. The molecule has 0 saturated heterocycles. The third-order valence-corrected chi connectivity index (χ3v) is 2.44. The molecule has 0 aliphatic carbocycles. The summed E-state index contributed by atoms with van der Waals surface area (Å²) >= 11 is 0. The minimum Gasteiger partial charge on any atom is -0.490 e. The Kier molecular flexibility index (Phi) is 4.31. The number of anilines is 1. The van der Waals surface area contributed by atoms with E-state index in [4.69, 9.17) is 10.5 Å². The van der Waals surface area contributed by atoms with E-state index < -0.39 is 5.41 Å². The molecule has 3 N–H and O–H groups in total. The van der Waals surface area contributed by atoms with Crippen LogP contribution in [0.4, 0.5) is 5.82 Å². The maximum absolute atomic E-state index is 11.2. The van der Waals surface area contributed by atoms with Crippen LogP contribution in [0.1, 0.15) is 20.8 Å². The Balaban J connectivity index is 2.72. The number of aromatic nitrogens is 1. The standard InChI is InChI=1S/C12H19N3O2/c1-4-17-9-6-5-7-14-10(9)15-8-12(2,3)11(13)16/h5-7H,4,8H2,1-3H3,(H2,13,16)(H,14,15). The van der Waals surface area contributed by atoms with Gasteiger partial charge in [0.05, 0.1) is 12.0 Å². The van der Waals surface area contributed by atoms with Gasteiger partial charge in [-0.05, 0) is 32.9 Å². The molecule has 0 fully saturated rings. The lowest BCUT2D eigenvalue weighted by molar-refractivity contribution is -0.125. The van der Waals surface area contributed by atoms with Gasteiger partial charge in [-0.3, -0.25) is 4.79 Å². The van der Waals surface area contributed by atoms with Gasteiger partial charge in [0.2, 0.25) is 5.91 Å². The SMILES string of the molecule is CCOc1cccnc1NCC(C)(C)C(N)=O. The van der Waals surface area contributed by atoms with E-state index in [9.17, 15) is 4.79 Å². The number of rotatable bonds is 6. The minimum absolute atomic E-state index is 0.348. The van der Waals surface area contributed by atoms with E-state index in [1.165, 1.54) is 0 Å². The molecule has 17 heavy (non-hydrogen) atoms. The second-order valence-electron chi connectivity index (χ2n) is 4.38. The van der Waals surface area contributed by atoms with Gasteiger partial charge in [-0.25, -0.2) is 4.98 Å². The summed E-state index contributed by atoms with van der Waals surface area (Å²) in [5, 5.41) is 3.08. The number of carbonyl (C=O) groups is 1. The number of pyridine rings is 1. The van der Waals surface area contributed by atoms with Crippen LogP contribution in [0.15, 0.2) is 18.3 Å². The first-order chi connectivity index (χ1) is 7.97. The molecule has 0 spiro atoms. The van der Waals surface area contributed by atoms with Crippen LogP contribution in [-0.4, -0.2) is 24.0 Å². The summed E-state index contributed by atoms with van der Waals surface area (Å²) in [5.74, 6) is 0.956. The second-order valence-corrected chi connectivity index (χ2v) is 4.38. The predicted octanol–water partition coefficient (Wildman–Crippen LogP) is 1.40. The van der Waals surface area contributed by atoms with Crippen LogP contribution in [0.25, 0.3) is 0 Å². The third-order valence-electron chi connectivity index (χ3n) is 2.44. The highest BCUT2D eigenvalue weighted by atomic mass is 16.5. The predicted molar refractivity (Wildman–Crippen MR) is 66.9 cm³/mol. The number of ether oxygens (including phenoxy) is 1. The second kappa shape index (κ2) is 5.52. The average molecular weight is 237 g/mol. The number of carbonyl (C=O) groups excluding carboxylic acids is 1. The molecule has 0 saturated carbocycles. The summed E-state index contributed by atoms with van der Waals surface area (Å²) in [7, 11) is 0. The van der Waals surface area contributed by atoms with Gasteiger partial charge in [-0.1, -0.05) is 0 Å². The fourth-order valence-electron chi connectivity index (χ4n) is 1.19. The molecule has 0 aliphatic heterocycles. The molecular weight excluding hydrogens is 218 g/mol. The molecule has 1 rings (SSSR count). The molecule has 0 aliphatic rings. The van der Waals surface area contributed by atoms with Crippen molar-refractivity contribution < 1.29 is 9.53 Å². The molecule has 0 bridgehead atoms. The van der Waals surface area contributed by atoms with Crippen LogP contribution in [0.2, 0.25) is 0 Å². The zero-order chi connectivity index (χ0) is 12.9. The van der Waals surface area contributed by atoms with Crippen LogP contribution in [0.5, 0.6) is 5.75 Å². The van der Waals surface area contributed by atoms with Crippen molar-refractivity contribution in [3.05, 3.63) is 18.3 Å². The Morgan fingerprint density at radius 2 is 2.29 bits per heavy atom. The van der Waals surface area contributed by atoms with E-state index in [-0.39, 0.29) is 5.91 Å². The number of amides is 1. The van der Waals surface area contributed by atoms with E-state index in [2.05, 4.69) is 10.3 Å². The van der Waals surface area contributed by atoms with Crippen LogP contribution >= 0.6 is 0 Å². The van der Waals surface area contributed by atoms with Gasteiger partial charge in [0.15, 0.2) is 11.6 Å². The Labute approximate surface area is 101 Å². The average Bonchev–Trinajstić information content (AvgIpc) is 2.28. The quantitative estimate of drug-likeness (QED) is 0.784. The molecule has 0 aromatic carbocycles. The molecule has 1 amide bonds. The molecule has 0 unspecified atom stereocenters. The molecular formula is C12H19N3O2. The highest BCUT2D eigenvalue weighted by molar-refractivity contribution is 5.80. The Bertz CT molecular complexity index is 391. The molecule has 0 radical (unpaired) electrons. The van der Waals surface area contributed by atoms with Crippen molar-refractivity contribution in [3.63, 3.8) is 0 Å². The zero-order valence-electron chi connectivity index (χ0n) is 10.5. The Hall–Kier alpha value is -1.78. The third kappa shape index (κ3) is 3.62. The maximum Gasteiger partial charge on any atom is 0.224 e. The molecule has 0 atom stereocenters. The van der Waals surface area contributed by atoms with Crippen molar-refractivity contribution in [2.75, 3.05) is 18.5 Å². The van der Waals surface area contributed by atoms with E-state index in [1.807, 2.05) is 13.0 Å². The van der Waals surface area contributed by atoms with Gasteiger partial charge >= 0.3 is 0 Å². The first-order valence-corrected chi connectivity index (χ1v) is 5.59. The van der Waals surface area contributed by atoms with Crippen LogP contribution < -0.4 is 15.8 Å². The largest absolute Gasteiger partial charge is 0.490 e. The molecule has 1 aromatic heterocycles. The molecule has 5 heteroatoms. The lowest BCUT2D eigenvalue weighted by atomic mass is 9.93.